The zero-order chi connectivity index (χ0) is 16.8. The molecule has 0 spiro atoms. The molecular formula is C17H15BrN2O3. The van der Waals surface area contributed by atoms with Gasteiger partial charge in [0.2, 0.25) is 0 Å². The predicted octanol–water partition coefficient (Wildman–Crippen LogP) is 3.98. The maximum Gasteiger partial charge on any atom is 0.259 e. The maximum atomic E-state index is 12.6. The van der Waals surface area contributed by atoms with E-state index in [2.05, 4.69) is 21.2 Å². The van der Waals surface area contributed by atoms with E-state index in [0.717, 1.165) is 4.47 Å². The van der Waals surface area contributed by atoms with Crippen molar-refractivity contribution in [2.24, 2.45) is 0 Å². The van der Waals surface area contributed by atoms with Gasteiger partial charge in [0.25, 0.3) is 5.91 Å². The number of nitrogens with one attached hydrogen (secondary N) is 1. The van der Waals surface area contributed by atoms with Gasteiger partial charge in [0.1, 0.15) is 0 Å². The van der Waals surface area contributed by atoms with Crippen LogP contribution in [0.1, 0.15) is 22.8 Å². The second kappa shape index (κ2) is 7.65. The van der Waals surface area contributed by atoms with Gasteiger partial charge in [0, 0.05) is 16.2 Å². The van der Waals surface area contributed by atoms with E-state index in [9.17, 15) is 4.79 Å². The smallest absolute Gasteiger partial charge is 0.259 e. The van der Waals surface area contributed by atoms with Crippen molar-refractivity contribution in [3.63, 3.8) is 0 Å². The Bertz CT molecular complexity index is 752. The second-order valence-electron chi connectivity index (χ2n) is 4.56. The summed E-state index contributed by atoms with van der Waals surface area (Å²) in [6, 6.07) is 12.2. The van der Waals surface area contributed by atoms with Crippen LogP contribution in [0.25, 0.3) is 0 Å². The summed E-state index contributed by atoms with van der Waals surface area (Å²) in [6.45, 7) is 2.19. The van der Waals surface area contributed by atoms with Gasteiger partial charge < -0.3 is 14.8 Å². The Morgan fingerprint density at radius 2 is 2.00 bits per heavy atom. The van der Waals surface area contributed by atoms with Crippen LogP contribution < -0.4 is 14.8 Å². The molecule has 0 fully saturated rings. The lowest BCUT2D eigenvalue weighted by Gasteiger charge is -2.14. The summed E-state index contributed by atoms with van der Waals surface area (Å²) >= 11 is 3.34. The molecule has 0 aliphatic rings. The van der Waals surface area contributed by atoms with Gasteiger partial charge in [-0.1, -0.05) is 15.9 Å². The summed E-state index contributed by atoms with van der Waals surface area (Å²) in [5.41, 5.74) is 1.22. The van der Waals surface area contributed by atoms with Crippen LogP contribution in [0, 0.1) is 11.3 Å². The first-order chi connectivity index (χ1) is 11.1. The Labute approximate surface area is 143 Å². The number of carbonyl (C=O) groups is 1. The van der Waals surface area contributed by atoms with Crippen molar-refractivity contribution in [2.75, 3.05) is 19.0 Å². The van der Waals surface area contributed by atoms with Crippen LogP contribution in [-0.4, -0.2) is 19.6 Å². The monoisotopic (exact) mass is 374 g/mol. The maximum absolute atomic E-state index is 12.6. The average molecular weight is 375 g/mol. The van der Waals surface area contributed by atoms with Crippen molar-refractivity contribution in [2.45, 2.75) is 6.92 Å². The standard InChI is InChI=1S/C17H15BrN2O3/c1-3-23-16-14(8-11(10-19)9-15(16)22-2)17(21)20-13-6-4-12(18)5-7-13/h4-9H,3H2,1-2H3,(H,20,21). The molecule has 0 aliphatic heterocycles. The van der Waals surface area contributed by atoms with Gasteiger partial charge in [-0.05, 0) is 37.3 Å². The molecule has 0 unspecified atom stereocenters. The van der Waals surface area contributed by atoms with Crippen LogP contribution in [0.5, 0.6) is 11.5 Å². The van der Waals surface area contributed by atoms with Gasteiger partial charge in [-0.3, -0.25) is 4.79 Å². The number of rotatable bonds is 5. The van der Waals surface area contributed by atoms with Crippen molar-refractivity contribution in [1.29, 1.82) is 5.26 Å². The second-order valence-corrected chi connectivity index (χ2v) is 5.48. The van der Waals surface area contributed by atoms with E-state index in [0.29, 0.717) is 29.4 Å². The van der Waals surface area contributed by atoms with E-state index >= 15 is 0 Å². The number of carbonyl (C=O) groups excluding carboxylic acids is 1. The highest BCUT2D eigenvalue weighted by Crippen LogP contribution is 2.33. The van der Waals surface area contributed by atoms with E-state index in [4.69, 9.17) is 14.7 Å². The zero-order valence-electron chi connectivity index (χ0n) is 12.7. The highest BCUT2D eigenvalue weighted by atomic mass is 79.9. The Morgan fingerprint density at radius 3 is 2.57 bits per heavy atom. The van der Waals surface area contributed by atoms with Gasteiger partial charge in [-0.2, -0.15) is 5.26 Å². The van der Waals surface area contributed by atoms with Crippen molar-refractivity contribution in [3.05, 3.63) is 52.0 Å². The molecule has 1 N–H and O–H groups in total. The third-order valence-electron chi connectivity index (χ3n) is 3.04. The fourth-order valence-electron chi connectivity index (χ4n) is 2.01. The number of halogens is 1. The largest absolute Gasteiger partial charge is 0.493 e. The minimum absolute atomic E-state index is 0.255. The molecule has 0 bridgehead atoms. The van der Waals surface area contributed by atoms with E-state index in [1.165, 1.54) is 13.2 Å². The number of nitrogens with zero attached hydrogens (tertiary/aromatic N) is 1. The summed E-state index contributed by atoms with van der Waals surface area (Å²) in [5, 5.41) is 11.9. The normalized spacial score (nSPS) is 9.83. The minimum atomic E-state index is -0.369. The lowest BCUT2D eigenvalue weighted by molar-refractivity contribution is 0.102. The fraction of sp³-hybridized carbons (Fsp3) is 0.176. The van der Waals surface area contributed by atoms with Crippen LogP contribution in [0.3, 0.4) is 0 Å². The number of hydrogen-bond acceptors (Lipinski definition) is 4. The molecule has 6 heteroatoms. The molecule has 0 atom stereocenters. The molecule has 2 aromatic rings. The molecule has 5 nitrogen and oxygen atoms in total. The molecule has 0 saturated heterocycles. The van der Waals surface area contributed by atoms with Crippen molar-refractivity contribution >= 4 is 27.5 Å². The Balaban J connectivity index is 2.41. The van der Waals surface area contributed by atoms with Crippen LogP contribution in [0.15, 0.2) is 40.9 Å². The van der Waals surface area contributed by atoms with E-state index in [1.807, 2.05) is 25.1 Å². The number of ether oxygens (including phenoxy) is 2. The first kappa shape index (κ1) is 16.8. The molecule has 0 heterocycles. The summed E-state index contributed by atoms with van der Waals surface area (Å²) in [4.78, 5) is 12.6. The zero-order valence-corrected chi connectivity index (χ0v) is 14.3. The van der Waals surface area contributed by atoms with Crippen molar-refractivity contribution in [3.8, 4) is 17.6 Å². The first-order valence-electron chi connectivity index (χ1n) is 6.91. The van der Waals surface area contributed by atoms with Crippen LogP contribution in [-0.2, 0) is 0 Å². The predicted molar refractivity (Wildman–Crippen MR) is 91.0 cm³/mol. The topological polar surface area (TPSA) is 71.3 Å². The SMILES string of the molecule is CCOc1c(OC)cc(C#N)cc1C(=O)Nc1ccc(Br)cc1. The molecule has 0 saturated carbocycles. The lowest BCUT2D eigenvalue weighted by atomic mass is 10.1. The highest BCUT2D eigenvalue weighted by molar-refractivity contribution is 9.10. The molecule has 118 valence electrons. The van der Waals surface area contributed by atoms with E-state index < -0.39 is 0 Å². The van der Waals surface area contributed by atoms with Gasteiger partial charge in [0.05, 0.1) is 30.9 Å². The van der Waals surface area contributed by atoms with Gasteiger partial charge in [-0.15, -0.1) is 0 Å². The molecule has 2 rings (SSSR count). The summed E-state index contributed by atoms with van der Waals surface area (Å²) in [6.07, 6.45) is 0. The molecule has 23 heavy (non-hydrogen) atoms. The van der Waals surface area contributed by atoms with E-state index in [1.54, 1.807) is 18.2 Å². The molecule has 1 amide bonds. The van der Waals surface area contributed by atoms with Crippen molar-refractivity contribution in [1.82, 2.24) is 0 Å². The molecular weight excluding hydrogens is 360 g/mol. The molecule has 0 aliphatic carbocycles. The average Bonchev–Trinajstić information content (AvgIpc) is 2.57. The number of hydrogen-bond donors (Lipinski definition) is 1. The van der Waals surface area contributed by atoms with Gasteiger partial charge >= 0.3 is 0 Å². The minimum Gasteiger partial charge on any atom is -0.493 e. The Hall–Kier alpha value is -2.52. The molecule has 2 aromatic carbocycles. The number of nitriles is 1. The molecule has 0 aromatic heterocycles. The third kappa shape index (κ3) is 4.02. The summed E-state index contributed by atoms with van der Waals surface area (Å²) in [5.74, 6) is 0.307. The van der Waals surface area contributed by atoms with Crippen LogP contribution in [0.2, 0.25) is 0 Å². The number of amides is 1. The van der Waals surface area contributed by atoms with Crippen LogP contribution in [0.4, 0.5) is 5.69 Å². The Morgan fingerprint density at radius 1 is 1.30 bits per heavy atom. The number of anilines is 1. The highest BCUT2D eigenvalue weighted by Gasteiger charge is 2.19. The van der Waals surface area contributed by atoms with E-state index in [-0.39, 0.29) is 11.5 Å². The van der Waals surface area contributed by atoms with Crippen molar-refractivity contribution < 1.29 is 14.3 Å². The summed E-state index contributed by atoms with van der Waals surface area (Å²) in [7, 11) is 1.47. The molecule has 0 radical (unpaired) electrons. The summed E-state index contributed by atoms with van der Waals surface area (Å²) < 4.78 is 11.7. The van der Waals surface area contributed by atoms with Gasteiger partial charge in [-0.25, -0.2) is 0 Å². The van der Waals surface area contributed by atoms with Crippen LogP contribution >= 0.6 is 15.9 Å². The van der Waals surface area contributed by atoms with Gasteiger partial charge in [0.15, 0.2) is 11.5 Å². The number of methoxy groups -OCH3 is 1. The Kier molecular flexibility index (Phi) is 5.61. The fourth-order valence-corrected chi connectivity index (χ4v) is 2.28. The quantitative estimate of drug-likeness (QED) is 0.858. The third-order valence-corrected chi connectivity index (χ3v) is 3.57. The first-order valence-corrected chi connectivity index (χ1v) is 7.70. The number of benzene rings is 2. The lowest BCUT2D eigenvalue weighted by Crippen LogP contribution is -2.14.